The maximum absolute atomic E-state index is 10.7. The van der Waals surface area contributed by atoms with E-state index in [1.807, 2.05) is 25.1 Å². The molecule has 2 aromatic rings. The van der Waals surface area contributed by atoms with E-state index in [9.17, 15) is 10.1 Å². The van der Waals surface area contributed by atoms with Gasteiger partial charge in [0.2, 0.25) is 0 Å². The molecule has 0 aliphatic heterocycles. The number of quaternary nitrogens is 1. The van der Waals surface area contributed by atoms with Crippen molar-refractivity contribution >= 4 is 5.69 Å². The third kappa shape index (κ3) is 4.70. The first-order chi connectivity index (χ1) is 11.5. The van der Waals surface area contributed by atoms with Crippen LogP contribution in [-0.4, -0.2) is 25.7 Å². The number of nitro groups is 1. The molecule has 0 spiro atoms. The molecule has 1 atom stereocenters. The predicted octanol–water partition coefficient (Wildman–Crippen LogP) is 2.22. The monoisotopic (exact) mass is 331 g/mol. The fourth-order valence-electron chi connectivity index (χ4n) is 2.59. The molecule has 0 bridgehead atoms. The van der Waals surface area contributed by atoms with E-state index < -0.39 is 0 Å². The highest BCUT2D eigenvalue weighted by atomic mass is 16.6. The number of ether oxygens (including phenoxy) is 2. The molecule has 6 nitrogen and oxygen atoms in total. The van der Waals surface area contributed by atoms with Crippen LogP contribution in [0.2, 0.25) is 0 Å². The van der Waals surface area contributed by atoms with Crippen LogP contribution in [0.15, 0.2) is 42.5 Å². The molecular weight excluding hydrogens is 308 g/mol. The minimum absolute atomic E-state index is 0.118. The predicted molar refractivity (Wildman–Crippen MR) is 91.6 cm³/mol. The van der Waals surface area contributed by atoms with Gasteiger partial charge in [0.25, 0.3) is 5.69 Å². The fourth-order valence-corrected chi connectivity index (χ4v) is 2.59. The average molecular weight is 331 g/mol. The fraction of sp³-hybridized carbons (Fsp3) is 0.333. The van der Waals surface area contributed by atoms with Crippen LogP contribution in [0.5, 0.6) is 11.5 Å². The van der Waals surface area contributed by atoms with Crippen LogP contribution in [0.4, 0.5) is 5.69 Å². The van der Waals surface area contributed by atoms with Gasteiger partial charge in [-0.15, -0.1) is 0 Å². The second kappa shape index (κ2) is 8.31. The van der Waals surface area contributed by atoms with E-state index in [2.05, 4.69) is 7.05 Å². The summed E-state index contributed by atoms with van der Waals surface area (Å²) in [7, 11) is 3.72. The number of nitro benzene ring substituents is 1. The Morgan fingerprint density at radius 3 is 2.25 bits per heavy atom. The number of benzene rings is 2. The minimum atomic E-state index is -0.382. The molecule has 0 aliphatic carbocycles. The molecule has 2 aromatic carbocycles. The Balaban J connectivity index is 2.01. The van der Waals surface area contributed by atoms with Gasteiger partial charge in [0.05, 0.1) is 25.7 Å². The molecule has 2 rings (SSSR count). The van der Waals surface area contributed by atoms with Crippen molar-refractivity contribution < 1.29 is 19.3 Å². The molecule has 6 heteroatoms. The van der Waals surface area contributed by atoms with Crippen LogP contribution in [-0.2, 0) is 13.1 Å². The van der Waals surface area contributed by atoms with Gasteiger partial charge in [0.15, 0.2) is 11.5 Å². The topological polar surface area (TPSA) is 66.0 Å². The largest absolute Gasteiger partial charge is 0.493 e. The first-order valence-corrected chi connectivity index (χ1v) is 7.87. The number of hydrogen-bond acceptors (Lipinski definition) is 4. The van der Waals surface area contributed by atoms with Gasteiger partial charge in [-0.25, -0.2) is 0 Å². The van der Waals surface area contributed by atoms with Crippen molar-refractivity contribution in [3.8, 4) is 11.5 Å². The molecular formula is C18H23N2O4+. The highest BCUT2D eigenvalue weighted by Crippen LogP contribution is 2.27. The zero-order valence-electron chi connectivity index (χ0n) is 14.2. The van der Waals surface area contributed by atoms with E-state index in [4.69, 9.17) is 9.47 Å². The lowest BCUT2D eigenvalue weighted by Crippen LogP contribution is -3.06. The van der Waals surface area contributed by atoms with Gasteiger partial charge in [-0.1, -0.05) is 0 Å². The minimum Gasteiger partial charge on any atom is -0.493 e. The highest BCUT2D eigenvalue weighted by molar-refractivity contribution is 5.42. The average Bonchev–Trinajstić information content (AvgIpc) is 2.56. The van der Waals surface area contributed by atoms with E-state index in [1.54, 1.807) is 31.4 Å². The van der Waals surface area contributed by atoms with Crippen molar-refractivity contribution in [2.45, 2.75) is 20.0 Å². The van der Waals surface area contributed by atoms with Gasteiger partial charge in [-0.2, -0.15) is 0 Å². The summed E-state index contributed by atoms with van der Waals surface area (Å²) < 4.78 is 10.9. The Labute approximate surface area is 141 Å². The maximum Gasteiger partial charge on any atom is 0.269 e. The van der Waals surface area contributed by atoms with Crippen LogP contribution in [0.3, 0.4) is 0 Å². The first kappa shape index (κ1) is 17.7. The zero-order valence-corrected chi connectivity index (χ0v) is 14.2. The number of rotatable bonds is 8. The summed E-state index contributed by atoms with van der Waals surface area (Å²) in [6.45, 7) is 4.14. The van der Waals surface area contributed by atoms with E-state index >= 15 is 0 Å². The number of nitrogens with one attached hydrogen (secondary N) is 1. The Bertz CT molecular complexity index is 686. The summed E-state index contributed by atoms with van der Waals surface area (Å²) in [4.78, 5) is 11.6. The Hall–Kier alpha value is -2.60. The van der Waals surface area contributed by atoms with Crippen LogP contribution < -0.4 is 14.4 Å². The van der Waals surface area contributed by atoms with E-state index in [1.165, 1.54) is 4.90 Å². The van der Waals surface area contributed by atoms with Crippen LogP contribution >= 0.6 is 0 Å². The Morgan fingerprint density at radius 1 is 1.04 bits per heavy atom. The SMILES string of the molecule is CCOc1ccc(C[NH+](C)Cc2ccc([N+](=O)[O-])cc2)cc1OC. The molecule has 0 aliphatic rings. The summed E-state index contributed by atoms with van der Waals surface area (Å²) in [6.07, 6.45) is 0. The van der Waals surface area contributed by atoms with Crippen LogP contribution in [0.25, 0.3) is 0 Å². The highest BCUT2D eigenvalue weighted by Gasteiger charge is 2.11. The third-order valence-corrected chi connectivity index (χ3v) is 3.69. The van der Waals surface area contributed by atoms with E-state index in [0.29, 0.717) is 6.61 Å². The molecule has 128 valence electrons. The van der Waals surface area contributed by atoms with Crippen molar-refractivity contribution in [3.05, 3.63) is 63.7 Å². The molecule has 1 unspecified atom stereocenters. The van der Waals surface area contributed by atoms with E-state index in [0.717, 1.165) is 35.7 Å². The number of non-ortho nitro benzene ring substituents is 1. The molecule has 0 aromatic heterocycles. The van der Waals surface area contributed by atoms with Gasteiger partial charge >= 0.3 is 0 Å². The quantitative estimate of drug-likeness (QED) is 0.595. The number of nitrogens with zero attached hydrogens (tertiary/aromatic N) is 1. The van der Waals surface area contributed by atoms with Crippen molar-refractivity contribution in [2.24, 2.45) is 0 Å². The zero-order chi connectivity index (χ0) is 17.5. The van der Waals surface area contributed by atoms with E-state index in [-0.39, 0.29) is 10.6 Å². The van der Waals surface area contributed by atoms with Gasteiger partial charge in [-0.3, -0.25) is 10.1 Å². The van der Waals surface area contributed by atoms with Crippen LogP contribution in [0, 0.1) is 10.1 Å². The smallest absolute Gasteiger partial charge is 0.269 e. The second-order valence-corrected chi connectivity index (χ2v) is 5.65. The van der Waals surface area contributed by atoms with Crippen molar-refractivity contribution in [2.75, 3.05) is 20.8 Å². The molecule has 0 saturated heterocycles. The lowest BCUT2D eigenvalue weighted by Gasteiger charge is -2.16. The standard InChI is InChI=1S/C18H22N2O4/c1-4-24-17-10-7-15(11-18(17)23-3)13-19(2)12-14-5-8-16(9-6-14)20(21)22/h5-11H,4,12-13H2,1-3H3/p+1. The molecule has 0 amide bonds. The molecule has 0 heterocycles. The van der Waals surface area contributed by atoms with Gasteiger partial charge in [0, 0.05) is 23.3 Å². The number of methoxy groups -OCH3 is 1. The van der Waals surface area contributed by atoms with Gasteiger partial charge < -0.3 is 14.4 Å². The second-order valence-electron chi connectivity index (χ2n) is 5.65. The summed E-state index contributed by atoms with van der Waals surface area (Å²) in [5.74, 6) is 1.48. The van der Waals surface area contributed by atoms with Crippen molar-refractivity contribution in [3.63, 3.8) is 0 Å². The van der Waals surface area contributed by atoms with Gasteiger partial charge in [0.1, 0.15) is 13.1 Å². The Morgan fingerprint density at radius 2 is 1.67 bits per heavy atom. The summed E-state index contributed by atoms with van der Waals surface area (Å²) in [6, 6.07) is 12.7. The summed E-state index contributed by atoms with van der Waals surface area (Å²) in [5.41, 5.74) is 2.33. The number of hydrogen-bond donors (Lipinski definition) is 1. The first-order valence-electron chi connectivity index (χ1n) is 7.87. The van der Waals surface area contributed by atoms with Crippen LogP contribution in [0.1, 0.15) is 18.1 Å². The summed E-state index contributed by atoms with van der Waals surface area (Å²) in [5, 5.41) is 10.7. The molecule has 0 radical (unpaired) electrons. The summed E-state index contributed by atoms with van der Waals surface area (Å²) >= 11 is 0. The van der Waals surface area contributed by atoms with Gasteiger partial charge in [-0.05, 0) is 37.3 Å². The normalized spacial score (nSPS) is 11.8. The molecule has 1 N–H and O–H groups in total. The Kier molecular flexibility index (Phi) is 6.14. The molecule has 0 fully saturated rings. The maximum atomic E-state index is 10.7. The van der Waals surface area contributed by atoms with Crippen molar-refractivity contribution in [1.82, 2.24) is 0 Å². The third-order valence-electron chi connectivity index (χ3n) is 3.69. The van der Waals surface area contributed by atoms with Crippen molar-refractivity contribution in [1.29, 1.82) is 0 Å². The molecule has 0 saturated carbocycles. The lowest BCUT2D eigenvalue weighted by molar-refractivity contribution is -0.907. The lowest BCUT2D eigenvalue weighted by atomic mass is 10.1. The molecule has 24 heavy (non-hydrogen) atoms.